The average Bonchev–Trinajstić information content (AvgIpc) is 2.63. The second kappa shape index (κ2) is 13.1. The van der Waals surface area contributed by atoms with Crippen molar-refractivity contribution in [3.05, 3.63) is 35.9 Å². The molecule has 1 atom stereocenters. The summed E-state index contributed by atoms with van der Waals surface area (Å²) in [7, 11) is 1.33. The third kappa shape index (κ3) is 9.97. The molecule has 1 N–H and O–H groups in total. The Bertz CT molecular complexity index is 556. The molecule has 5 nitrogen and oxygen atoms in total. The van der Waals surface area contributed by atoms with E-state index in [0.29, 0.717) is 19.3 Å². The Morgan fingerprint density at radius 2 is 1.50 bits per heavy atom. The monoisotopic (exact) mass is 361 g/mol. The number of hydrogen-bond acceptors (Lipinski definition) is 4. The van der Waals surface area contributed by atoms with Crippen molar-refractivity contribution in [2.24, 2.45) is 0 Å². The minimum Gasteiger partial charge on any atom is -0.467 e. The minimum atomic E-state index is -0.651. The smallest absolute Gasteiger partial charge is 0.328 e. The molecule has 0 aliphatic carbocycles. The number of unbranched alkanes of at least 4 members (excludes halogenated alkanes) is 5. The summed E-state index contributed by atoms with van der Waals surface area (Å²) < 4.78 is 4.81. The number of carbonyl (C=O) groups is 3. The number of hydrogen-bond donors (Lipinski definition) is 1. The van der Waals surface area contributed by atoms with E-state index in [1.807, 2.05) is 30.3 Å². The van der Waals surface area contributed by atoms with Crippen LogP contribution in [0.15, 0.2) is 30.3 Å². The first-order chi connectivity index (χ1) is 12.5. The van der Waals surface area contributed by atoms with Gasteiger partial charge >= 0.3 is 5.97 Å². The Morgan fingerprint density at radius 3 is 2.08 bits per heavy atom. The maximum Gasteiger partial charge on any atom is 0.328 e. The number of esters is 1. The topological polar surface area (TPSA) is 72.5 Å². The second-order valence-electron chi connectivity index (χ2n) is 6.66. The van der Waals surface area contributed by atoms with Crippen molar-refractivity contribution in [3.63, 3.8) is 0 Å². The highest BCUT2D eigenvalue weighted by Crippen LogP contribution is 2.10. The van der Waals surface area contributed by atoms with Gasteiger partial charge in [-0.15, -0.1) is 0 Å². The van der Waals surface area contributed by atoms with Gasteiger partial charge in [0, 0.05) is 19.3 Å². The lowest BCUT2D eigenvalue weighted by Gasteiger charge is -2.16. The number of nitrogens with one attached hydrogen (secondary N) is 1. The third-order valence-corrected chi connectivity index (χ3v) is 4.29. The van der Waals surface area contributed by atoms with Crippen LogP contribution in [0.2, 0.25) is 0 Å². The van der Waals surface area contributed by atoms with Gasteiger partial charge in [-0.1, -0.05) is 56.0 Å². The van der Waals surface area contributed by atoms with E-state index in [1.54, 1.807) is 6.92 Å². The molecule has 0 fully saturated rings. The molecular weight excluding hydrogens is 330 g/mol. The van der Waals surface area contributed by atoms with E-state index in [9.17, 15) is 14.4 Å². The zero-order valence-corrected chi connectivity index (χ0v) is 16.0. The van der Waals surface area contributed by atoms with Crippen molar-refractivity contribution in [3.8, 4) is 0 Å². The van der Waals surface area contributed by atoms with Gasteiger partial charge in [-0.2, -0.15) is 0 Å². The van der Waals surface area contributed by atoms with Crippen LogP contribution in [0.1, 0.15) is 63.9 Å². The Hall–Kier alpha value is -2.17. The second-order valence-corrected chi connectivity index (χ2v) is 6.66. The normalized spacial score (nSPS) is 11.6. The minimum absolute atomic E-state index is 0.118. The number of Topliss-reactive ketones (excluding diaryl/α,β-unsaturated/α-hetero) is 1. The lowest BCUT2D eigenvalue weighted by atomic mass is 10.0. The molecule has 1 aromatic rings. The van der Waals surface area contributed by atoms with Gasteiger partial charge in [0.15, 0.2) is 0 Å². The van der Waals surface area contributed by atoms with Crippen LogP contribution in [0.25, 0.3) is 0 Å². The van der Waals surface area contributed by atoms with Crippen LogP contribution in [0.4, 0.5) is 0 Å². The predicted octanol–water partition coefficient (Wildman–Crippen LogP) is 3.60. The third-order valence-electron chi connectivity index (χ3n) is 4.29. The molecule has 1 aromatic carbocycles. The molecule has 1 rings (SSSR count). The van der Waals surface area contributed by atoms with Crippen LogP contribution >= 0.6 is 0 Å². The molecule has 5 heteroatoms. The molecule has 0 saturated heterocycles. The molecule has 0 radical (unpaired) electrons. The average molecular weight is 361 g/mol. The summed E-state index contributed by atoms with van der Waals surface area (Å²) in [6, 6.07) is 8.92. The number of ether oxygens (including phenoxy) is 1. The summed E-state index contributed by atoms with van der Waals surface area (Å²) in [5.74, 6) is -0.294. The van der Waals surface area contributed by atoms with Crippen molar-refractivity contribution in [2.75, 3.05) is 7.11 Å². The predicted molar refractivity (Wildman–Crippen MR) is 102 cm³/mol. The van der Waals surface area contributed by atoms with E-state index >= 15 is 0 Å². The molecule has 0 aliphatic rings. The zero-order valence-electron chi connectivity index (χ0n) is 16.0. The molecule has 26 heavy (non-hydrogen) atoms. The van der Waals surface area contributed by atoms with Crippen LogP contribution in [0, 0.1) is 0 Å². The van der Waals surface area contributed by atoms with E-state index in [0.717, 1.165) is 44.1 Å². The fourth-order valence-corrected chi connectivity index (χ4v) is 2.82. The highest BCUT2D eigenvalue weighted by molar-refractivity contribution is 5.84. The first-order valence-electron chi connectivity index (χ1n) is 9.43. The van der Waals surface area contributed by atoms with Gasteiger partial charge in [0.25, 0.3) is 0 Å². The Balaban J connectivity index is 2.25. The summed E-state index contributed by atoms with van der Waals surface area (Å²) in [4.78, 5) is 34.9. The van der Waals surface area contributed by atoms with Crippen molar-refractivity contribution in [1.29, 1.82) is 0 Å². The number of carbonyl (C=O) groups excluding carboxylic acids is 3. The Morgan fingerprint density at radius 1 is 0.923 bits per heavy atom. The highest BCUT2D eigenvalue weighted by Gasteiger charge is 2.21. The van der Waals surface area contributed by atoms with Crippen LogP contribution in [-0.4, -0.2) is 30.8 Å². The quantitative estimate of drug-likeness (QED) is 0.430. The standard InChI is InChI=1S/C21H31NO4/c1-17(23)12-8-5-3-4-6-11-15-20(24)22-19(21(25)26-2)16-18-13-9-7-10-14-18/h7,9-10,13-14,19H,3-6,8,11-12,15-16H2,1-2H3,(H,22,24)/t19-/m0/s1. The molecule has 0 bridgehead atoms. The van der Waals surface area contributed by atoms with Gasteiger partial charge in [-0.3, -0.25) is 4.79 Å². The van der Waals surface area contributed by atoms with Crippen LogP contribution < -0.4 is 5.32 Å². The SMILES string of the molecule is COC(=O)[C@H](Cc1ccccc1)NC(=O)CCCCCCCCC(C)=O. The fourth-order valence-electron chi connectivity index (χ4n) is 2.82. The van der Waals surface area contributed by atoms with Crippen LogP contribution in [-0.2, 0) is 25.5 Å². The molecule has 144 valence electrons. The van der Waals surface area contributed by atoms with Crippen molar-refractivity contribution >= 4 is 17.7 Å². The molecule has 0 heterocycles. The van der Waals surface area contributed by atoms with Crippen molar-refractivity contribution in [1.82, 2.24) is 5.32 Å². The zero-order chi connectivity index (χ0) is 19.2. The Kier molecular flexibility index (Phi) is 11.0. The maximum absolute atomic E-state index is 12.1. The first kappa shape index (κ1) is 21.9. The van der Waals surface area contributed by atoms with Gasteiger partial charge < -0.3 is 14.8 Å². The molecule has 0 unspecified atom stereocenters. The molecule has 0 aromatic heterocycles. The first-order valence-corrected chi connectivity index (χ1v) is 9.43. The van der Waals surface area contributed by atoms with Crippen molar-refractivity contribution < 1.29 is 19.1 Å². The summed E-state index contributed by atoms with van der Waals surface area (Å²) in [5, 5.41) is 2.79. The van der Waals surface area contributed by atoms with E-state index in [4.69, 9.17) is 4.74 Å². The number of rotatable bonds is 13. The summed E-state index contributed by atoms with van der Waals surface area (Å²) in [6.07, 6.45) is 7.46. The summed E-state index contributed by atoms with van der Waals surface area (Å²) in [5.41, 5.74) is 0.980. The van der Waals surface area contributed by atoms with E-state index in [-0.39, 0.29) is 11.7 Å². The Labute approximate surface area is 156 Å². The lowest BCUT2D eigenvalue weighted by Crippen LogP contribution is -2.43. The number of methoxy groups -OCH3 is 1. The van der Waals surface area contributed by atoms with Crippen molar-refractivity contribution in [2.45, 2.75) is 70.8 Å². The van der Waals surface area contributed by atoms with E-state index < -0.39 is 12.0 Å². The number of ketones is 1. The van der Waals surface area contributed by atoms with Gasteiger partial charge in [0.1, 0.15) is 11.8 Å². The molecule has 0 saturated carbocycles. The van der Waals surface area contributed by atoms with E-state index in [1.165, 1.54) is 7.11 Å². The van der Waals surface area contributed by atoms with Gasteiger partial charge in [-0.05, 0) is 25.3 Å². The molecular formula is C21H31NO4. The van der Waals surface area contributed by atoms with Crippen LogP contribution in [0.3, 0.4) is 0 Å². The summed E-state index contributed by atoms with van der Waals surface area (Å²) in [6.45, 7) is 1.62. The van der Waals surface area contributed by atoms with Gasteiger partial charge in [-0.25, -0.2) is 4.79 Å². The number of benzene rings is 1. The van der Waals surface area contributed by atoms with Gasteiger partial charge in [0.05, 0.1) is 7.11 Å². The summed E-state index contributed by atoms with van der Waals surface area (Å²) >= 11 is 0. The molecule has 0 spiro atoms. The fraction of sp³-hybridized carbons (Fsp3) is 0.571. The number of amides is 1. The lowest BCUT2D eigenvalue weighted by molar-refractivity contribution is -0.145. The van der Waals surface area contributed by atoms with Crippen LogP contribution in [0.5, 0.6) is 0 Å². The highest BCUT2D eigenvalue weighted by atomic mass is 16.5. The van der Waals surface area contributed by atoms with Gasteiger partial charge in [0.2, 0.25) is 5.91 Å². The largest absolute Gasteiger partial charge is 0.467 e. The molecule has 1 amide bonds. The van der Waals surface area contributed by atoms with E-state index in [2.05, 4.69) is 5.32 Å². The molecule has 0 aliphatic heterocycles. The maximum atomic E-state index is 12.1.